The Morgan fingerprint density at radius 3 is 2.67 bits per heavy atom. The molecule has 0 saturated carbocycles. The molecule has 0 radical (unpaired) electrons. The van der Waals surface area contributed by atoms with Gasteiger partial charge in [-0.2, -0.15) is 0 Å². The molecule has 0 spiro atoms. The summed E-state index contributed by atoms with van der Waals surface area (Å²) in [6, 6.07) is 3.43. The number of aryl methyl sites for hydroxylation is 1. The molecule has 3 rings (SSSR count). The van der Waals surface area contributed by atoms with Gasteiger partial charge in [-0.3, -0.25) is 9.79 Å². The molecule has 0 aliphatic carbocycles. The van der Waals surface area contributed by atoms with E-state index >= 15 is 0 Å². The SMILES string of the molecule is CCc1nncn1CCNC(=NC)N1CCN(C(=O)c2ccco2)CC1.I. The molecule has 2 aromatic rings. The highest BCUT2D eigenvalue weighted by atomic mass is 127. The van der Waals surface area contributed by atoms with Crippen molar-refractivity contribution in [2.75, 3.05) is 39.8 Å². The number of furan rings is 1. The molecule has 0 bridgehead atoms. The molecule has 0 atom stereocenters. The standard InChI is InChI=1S/C17H25N7O2.HI/c1-3-15-21-20-13-24(15)7-6-19-17(18-2)23-10-8-22(9-11-23)16(25)14-5-4-12-26-14;/h4-5,12-13H,3,6-11H2,1-2H3,(H,18,19);1H. The maximum Gasteiger partial charge on any atom is 0.289 e. The van der Waals surface area contributed by atoms with E-state index in [0.717, 1.165) is 44.4 Å². The lowest BCUT2D eigenvalue weighted by Gasteiger charge is -2.36. The fourth-order valence-electron chi connectivity index (χ4n) is 3.04. The molecule has 1 fully saturated rings. The molecule has 1 aliphatic rings. The Kier molecular flexibility index (Phi) is 8.07. The Labute approximate surface area is 175 Å². The summed E-state index contributed by atoms with van der Waals surface area (Å²) in [6.45, 7) is 6.35. The van der Waals surface area contributed by atoms with Crippen LogP contribution in [0.25, 0.3) is 0 Å². The minimum Gasteiger partial charge on any atom is -0.459 e. The average Bonchev–Trinajstić information content (AvgIpc) is 3.36. The highest BCUT2D eigenvalue weighted by Gasteiger charge is 2.25. The van der Waals surface area contributed by atoms with E-state index in [4.69, 9.17) is 4.42 Å². The molecule has 148 valence electrons. The number of carbonyl (C=O) groups is 1. The lowest BCUT2D eigenvalue weighted by Crippen LogP contribution is -2.54. The topological polar surface area (TPSA) is 91.8 Å². The molecule has 9 nitrogen and oxygen atoms in total. The normalized spacial score (nSPS) is 14.8. The summed E-state index contributed by atoms with van der Waals surface area (Å²) >= 11 is 0. The summed E-state index contributed by atoms with van der Waals surface area (Å²) in [6.07, 6.45) is 4.14. The van der Waals surface area contributed by atoms with Crippen LogP contribution < -0.4 is 5.32 Å². The van der Waals surface area contributed by atoms with E-state index in [9.17, 15) is 4.79 Å². The Hall–Kier alpha value is -2.11. The van der Waals surface area contributed by atoms with E-state index in [-0.39, 0.29) is 29.9 Å². The molecule has 1 saturated heterocycles. The van der Waals surface area contributed by atoms with Gasteiger partial charge in [-0.1, -0.05) is 6.92 Å². The van der Waals surface area contributed by atoms with Crippen molar-refractivity contribution in [3.05, 3.63) is 36.3 Å². The number of carbonyl (C=O) groups excluding carboxylic acids is 1. The van der Waals surface area contributed by atoms with Crippen LogP contribution in [0.5, 0.6) is 0 Å². The second-order valence-corrected chi connectivity index (χ2v) is 6.02. The minimum absolute atomic E-state index is 0. The summed E-state index contributed by atoms with van der Waals surface area (Å²) in [4.78, 5) is 20.7. The van der Waals surface area contributed by atoms with E-state index in [1.165, 1.54) is 6.26 Å². The van der Waals surface area contributed by atoms with Crippen LogP contribution in [0.4, 0.5) is 0 Å². The summed E-state index contributed by atoms with van der Waals surface area (Å²) in [5.41, 5.74) is 0. The van der Waals surface area contributed by atoms with Crippen molar-refractivity contribution >= 4 is 35.8 Å². The third-order valence-corrected chi connectivity index (χ3v) is 4.46. The first-order valence-electron chi connectivity index (χ1n) is 8.88. The van der Waals surface area contributed by atoms with Gasteiger partial charge in [-0.25, -0.2) is 0 Å². The van der Waals surface area contributed by atoms with Crippen molar-refractivity contribution in [1.82, 2.24) is 29.9 Å². The number of rotatable bonds is 5. The maximum absolute atomic E-state index is 12.3. The van der Waals surface area contributed by atoms with Crippen LogP contribution >= 0.6 is 24.0 Å². The van der Waals surface area contributed by atoms with Gasteiger partial charge in [0.1, 0.15) is 12.2 Å². The van der Waals surface area contributed by atoms with Crippen LogP contribution in [0.3, 0.4) is 0 Å². The Balaban J connectivity index is 0.00000261. The maximum atomic E-state index is 12.3. The second-order valence-electron chi connectivity index (χ2n) is 6.02. The number of halogens is 1. The van der Waals surface area contributed by atoms with E-state index in [2.05, 4.69) is 32.3 Å². The van der Waals surface area contributed by atoms with E-state index in [1.54, 1.807) is 25.5 Å². The van der Waals surface area contributed by atoms with Gasteiger partial charge < -0.3 is 24.1 Å². The van der Waals surface area contributed by atoms with Gasteiger partial charge in [0, 0.05) is 52.7 Å². The van der Waals surface area contributed by atoms with Crippen LogP contribution in [0.15, 0.2) is 34.1 Å². The largest absolute Gasteiger partial charge is 0.459 e. The highest BCUT2D eigenvalue weighted by Crippen LogP contribution is 2.09. The lowest BCUT2D eigenvalue weighted by atomic mass is 10.3. The number of hydrogen-bond donors (Lipinski definition) is 1. The van der Waals surface area contributed by atoms with Gasteiger partial charge >= 0.3 is 0 Å². The predicted molar refractivity (Wildman–Crippen MR) is 112 cm³/mol. The van der Waals surface area contributed by atoms with Crippen LogP contribution in [-0.4, -0.2) is 76.2 Å². The number of piperazine rings is 1. The summed E-state index contributed by atoms with van der Waals surface area (Å²) in [7, 11) is 1.78. The monoisotopic (exact) mass is 487 g/mol. The summed E-state index contributed by atoms with van der Waals surface area (Å²) in [5, 5.41) is 11.4. The number of amides is 1. The molecule has 1 aliphatic heterocycles. The fourth-order valence-corrected chi connectivity index (χ4v) is 3.04. The molecule has 1 amide bonds. The average molecular weight is 487 g/mol. The van der Waals surface area contributed by atoms with Crippen molar-refractivity contribution in [1.29, 1.82) is 0 Å². The second kappa shape index (κ2) is 10.3. The van der Waals surface area contributed by atoms with Crippen molar-refractivity contribution in [2.24, 2.45) is 4.99 Å². The molecule has 2 aromatic heterocycles. The van der Waals surface area contributed by atoms with Crippen molar-refractivity contribution in [3.63, 3.8) is 0 Å². The van der Waals surface area contributed by atoms with Crippen LogP contribution in [-0.2, 0) is 13.0 Å². The zero-order valence-electron chi connectivity index (χ0n) is 15.7. The molecule has 27 heavy (non-hydrogen) atoms. The molecule has 3 heterocycles. The molecule has 0 unspecified atom stereocenters. The van der Waals surface area contributed by atoms with Crippen LogP contribution in [0.2, 0.25) is 0 Å². The molecule has 1 N–H and O–H groups in total. The number of aromatic nitrogens is 3. The first-order valence-corrected chi connectivity index (χ1v) is 8.88. The first-order chi connectivity index (χ1) is 12.7. The summed E-state index contributed by atoms with van der Waals surface area (Å²) in [5.74, 6) is 2.16. The number of hydrogen-bond acceptors (Lipinski definition) is 5. The molecule has 0 aromatic carbocycles. The number of aliphatic imine (C=N–C) groups is 1. The van der Waals surface area contributed by atoms with E-state index < -0.39 is 0 Å². The third-order valence-electron chi connectivity index (χ3n) is 4.46. The van der Waals surface area contributed by atoms with Gasteiger partial charge in [-0.05, 0) is 12.1 Å². The number of nitrogens with zero attached hydrogens (tertiary/aromatic N) is 6. The quantitative estimate of drug-likeness (QED) is 0.386. The minimum atomic E-state index is -0.0581. The lowest BCUT2D eigenvalue weighted by molar-refractivity contribution is 0.0657. The van der Waals surface area contributed by atoms with E-state index in [1.807, 2.05) is 9.47 Å². The third kappa shape index (κ3) is 5.21. The van der Waals surface area contributed by atoms with Gasteiger partial charge in [-0.15, -0.1) is 34.2 Å². The Morgan fingerprint density at radius 2 is 2.04 bits per heavy atom. The van der Waals surface area contributed by atoms with E-state index in [0.29, 0.717) is 18.8 Å². The number of nitrogens with one attached hydrogen (secondary N) is 1. The smallest absolute Gasteiger partial charge is 0.289 e. The molecular weight excluding hydrogens is 461 g/mol. The zero-order valence-corrected chi connectivity index (χ0v) is 18.0. The van der Waals surface area contributed by atoms with Gasteiger partial charge in [0.05, 0.1) is 6.26 Å². The molecular formula is C17H26IN7O2. The fraction of sp³-hybridized carbons (Fsp3) is 0.529. The highest BCUT2D eigenvalue weighted by molar-refractivity contribution is 14.0. The number of guanidine groups is 1. The van der Waals surface area contributed by atoms with Gasteiger partial charge in [0.15, 0.2) is 11.7 Å². The Bertz CT molecular complexity index is 736. The van der Waals surface area contributed by atoms with Crippen LogP contribution in [0.1, 0.15) is 23.3 Å². The van der Waals surface area contributed by atoms with Gasteiger partial charge in [0.25, 0.3) is 5.91 Å². The van der Waals surface area contributed by atoms with Gasteiger partial charge in [0.2, 0.25) is 0 Å². The zero-order chi connectivity index (χ0) is 18.4. The summed E-state index contributed by atoms with van der Waals surface area (Å²) < 4.78 is 7.24. The molecule has 10 heteroatoms. The predicted octanol–water partition coefficient (Wildman–Crippen LogP) is 1.08. The Morgan fingerprint density at radius 1 is 1.30 bits per heavy atom. The van der Waals surface area contributed by atoms with Crippen molar-refractivity contribution in [3.8, 4) is 0 Å². The van der Waals surface area contributed by atoms with Crippen LogP contribution in [0, 0.1) is 0 Å². The van der Waals surface area contributed by atoms with Crippen molar-refractivity contribution in [2.45, 2.75) is 19.9 Å². The first kappa shape index (κ1) is 21.2. The van der Waals surface area contributed by atoms with Crippen molar-refractivity contribution < 1.29 is 9.21 Å².